The number of ether oxygens (including phenoxy) is 2. The molecule has 1 aliphatic heterocycles. The van der Waals surface area contributed by atoms with Gasteiger partial charge in [0.15, 0.2) is 0 Å². The first-order valence-electron chi connectivity index (χ1n) is 10.9. The summed E-state index contributed by atoms with van der Waals surface area (Å²) in [5, 5.41) is 13.7. The van der Waals surface area contributed by atoms with Crippen molar-refractivity contribution >= 4 is 46.1 Å². The molecule has 4 rings (SSSR count). The van der Waals surface area contributed by atoms with Crippen molar-refractivity contribution in [1.82, 2.24) is 0 Å². The summed E-state index contributed by atoms with van der Waals surface area (Å²) < 4.78 is 11.3. The molecule has 0 radical (unpaired) electrons. The number of halogens is 1. The minimum Gasteiger partial charge on any atom is -0.507 e. The SMILES string of the molecule is CCOc1ccc(/C(O)=C2/C(=O)C(=O)N(c3cc(Cl)ccc3C)C2c2cccs2)c(OCC)c1. The lowest BCUT2D eigenvalue weighted by Crippen LogP contribution is -2.29. The van der Waals surface area contributed by atoms with Crippen molar-refractivity contribution in [2.45, 2.75) is 26.8 Å². The van der Waals surface area contributed by atoms with E-state index >= 15 is 0 Å². The molecule has 1 atom stereocenters. The van der Waals surface area contributed by atoms with Gasteiger partial charge in [-0.15, -0.1) is 11.3 Å². The number of amides is 1. The lowest BCUT2D eigenvalue weighted by Gasteiger charge is -2.26. The summed E-state index contributed by atoms with van der Waals surface area (Å²) in [6, 6.07) is 13.0. The number of carbonyl (C=O) groups excluding carboxylic acids is 2. The van der Waals surface area contributed by atoms with Crippen LogP contribution in [0.25, 0.3) is 5.76 Å². The number of carbonyl (C=O) groups is 2. The van der Waals surface area contributed by atoms with Gasteiger partial charge in [0.25, 0.3) is 11.7 Å². The summed E-state index contributed by atoms with van der Waals surface area (Å²) in [5.74, 6) is -0.862. The topological polar surface area (TPSA) is 76.1 Å². The van der Waals surface area contributed by atoms with Crippen LogP contribution in [0.1, 0.15) is 35.9 Å². The smallest absolute Gasteiger partial charge is 0.300 e. The Labute approximate surface area is 207 Å². The van der Waals surface area contributed by atoms with E-state index in [-0.39, 0.29) is 11.3 Å². The number of thiophene rings is 1. The van der Waals surface area contributed by atoms with Crippen molar-refractivity contribution in [3.63, 3.8) is 0 Å². The van der Waals surface area contributed by atoms with Gasteiger partial charge in [0.1, 0.15) is 23.3 Å². The molecule has 8 heteroatoms. The van der Waals surface area contributed by atoms with Gasteiger partial charge in [-0.1, -0.05) is 23.7 Å². The lowest BCUT2D eigenvalue weighted by atomic mass is 9.99. The highest BCUT2D eigenvalue weighted by atomic mass is 35.5. The van der Waals surface area contributed by atoms with E-state index in [1.54, 1.807) is 36.4 Å². The highest BCUT2D eigenvalue weighted by molar-refractivity contribution is 7.10. The zero-order valence-corrected chi connectivity index (χ0v) is 20.6. The van der Waals surface area contributed by atoms with Crippen LogP contribution in [-0.4, -0.2) is 30.0 Å². The first-order valence-corrected chi connectivity index (χ1v) is 12.1. The van der Waals surface area contributed by atoms with Gasteiger partial charge < -0.3 is 14.6 Å². The number of nitrogens with zero attached hydrogens (tertiary/aromatic N) is 1. The first kappa shape index (κ1) is 23.9. The van der Waals surface area contributed by atoms with E-state index in [2.05, 4.69) is 0 Å². The summed E-state index contributed by atoms with van der Waals surface area (Å²) in [7, 11) is 0. The van der Waals surface area contributed by atoms with E-state index in [1.165, 1.54) is 16.2 Å². The van der Waals surface area contributed by atoms with Gasteiger partial charge >= 0.3 is 0 Å². The average Bonchev–Trinajstić information content (AvgIpc) is 3.43. The Hall–Kier alpha value is -3.29. The Morgan fingerprint density at radius 3 is 2.53 bits per heavy atom. The van der Waals surface area contributed by atoms with Crippen LogP contribution in [0.4, 0.5) is 5.69 Å². The zero-order chi connectivity index (χ0) is 24.4. The molecule has 1 aromatic heterocycles. The van der Waals surface area contributed by atoms with Crippen LogP contribution in [0.5, 0.6) is 11.5 Å². The summed E-state index contributed by atoms with van der Waals surface area (Å²) in [5.41, 5.74) is 1.61. The predicted octanol–water partition coefficient (Wildman–Crippen LogP) is 6.13. The Balaban J connectivity index is 1.94. The number of Topliss-reactive ketones (excluding diaryl/α,β-unsaturated/α-hetero) is 1. The molecule has 1 fully saturated rings. The third-order valence-electron chi connectivity index (χ3n) is 5.51. The highest BCUT2D eigenvalue weighted by Crippen LogP contribution is 2.46. The number of aliphatic hydroxyl groups is 1. The number of hydrogen-bond donors (Lipinski definition) is 1. The van der Waals surface area contributed by atoms with Crippen LogP contribution in [0.15, 0.2) is 59.5 Å². The maximum absolute atomic E-state index is 13.3. The van der Waals surface area contributed by atoms with Crippen molar-refractivity contribution < 1.29 is 24.2 Å². The van der Waals surface area contributed by atoms with Crippen LogP contribution in [0, 0.1) is 6.92 Å². The fourth-order valence-corrected chi connectivity index (χ4v) is 5.00. The van der Waals surface area contributed by atoms with Gasteiger partial charge in [-0.05, 0) is 62.0 Å². The number of ketones is 1. The van der Waals surface area contributed by atoms with Crippen molar-refractivity contribution in [2.75, 3.05) is 18.1 Å². The summed E-state index contributed by atoms with van der Waals surface area (Å²) >= 11 is 7.63. The average molecular weight is 498 g/mol. The van der Waals surface area contributed by atoms with Gasteiger partial charge in [-0.3, -0.25) is 14.5 Å². The molecule has 3 aromatic rings. The summed E-state index contributed by atoms with van der Waals surface area (Å²) in [4.78, 5) is 28.8. The van der Waals surface area contributed by atoms with Gasteiger partial charge in [-0.25, -0.2) is 0 Å². The molecule has 1 amide bonds. The monoisotopic (exact) mass is 497 g/mol. The minimum absolute atomic E-state index is 0.00283. The third kappa shape index (κ3) is 4.29. The number of aryl methyl sites for hydroxylation is 1. The highest BCUT2D eigenvalue weighted by Gasteiger charge is 2.48. The first-order chi connectivity index (χ1) is 16.4. The number of anilines is 1. The second kappa shape index (κ2) is 9.91. The van der Waals surface area contributed by atoms with E-state index in [9.17, 15) is 14.7 Å². The molecule has 0 spiro atoms. The van der Waals surface area contributed by atoms with Gasteiger partial charge in [0.2, 0.25) is 0 Å². The summed E-state index contributed by atoms with van der Waals surface area (Å²) in [6.45, 7) is 6.36. The molecule has 1 saturated heterocycles. The third-order valence-corrected chi connectivity index (χ3v) is 6.67. The Morgan fingerprint density at radius 2 is 1.85 bits per heavy atom. The van der Waals surface area contributed by atoms with Gasteiger partial charge in [0.05, 0.1) is 24.4 Å². The molecule has 2 heterocycles. The van der Waals surface area contributed by atoms with Gasteiger partial charge in [-0.2, -0.15) is 0 Å². The largest absolute Gasteiger partial charge is 0.507 e. The number of aliphatic hydroxyl groups excluding tert-OH is 1. The maximum atomic E-state index is 13.3. The molecule has 1 N–H and O–H groups in total. The van der Waals surface area contributed by atoms with Crippen LogP contribution in [0.3, 0.4) is 0 Å². The van der Waals surface area contributed by atoms with Crippen molar-refractivity contribution in [1.29, 1.82) is 0 Å². The molecular weight excluding hydrogens is 474 g/mol. The minimum atomic E-state index is -0.807. The quantitative estimate of drug-likeness (QED) is 0.241. The molecule has 0 bridgehead atoms. The van der Waals surface area contributed by atoms with Crippen molar-refractivity contribution in [3.8, 4) is 11.5 Å². The molecule has 2 aromatic carbocycles. The fourth-order valence-electron chi connectivity index (χ4n) is 4.01. The molecule has 1 aliphatic rings. The van der Waals surface area contributed by atoms with E-state index in [0.717, 1.165) is 10.4 Å². The van der Waals surface area contributed by atoms with Crippen molar-refractivity contribution in [2.24, 2.45) is 0 Å². The van der Waals surface area contributed by atoms with Crippen LogP contribution >= 0.6 is 22.9 Å². The molecule has 34 heavy (non-hydrogen) atoms. The number of hydrogen-bond acceptors (Lipinski definition) is 6. The molecule has 0 saturated carbocycles. The van der Waals surface area contributed by atoms with Crippen LogP contribution in [0.2, 0.25) is 5.02 Å². The second-order valence-corrected chi connectivity index (χ2v) is 9.06. The maximum Gasteiger partial charge on any atom is 0.300 e. The standard InChI is InChI=1S/C26H24ClNO5S/c1-4-32-17-10-11-18(20(14-17)33-5-2)24(29)22-23(21-7-6-12-34-21)28(26(31)25(22)30)19-13-16(27)9-8-15(19)3/h6-14,23,29H,4-5H2,1-3H3/b24-22-. The molecule has 6 nitrogen and oxygen atoms in total. The molecule has 176 valence electrons. The lowest BCUT2D eigenvalue weighted by molar-refractivity contribution is -0.132. The van der Waals surface area contributed by atoms with E-state index in [1.807, 2.05) is 38.3 Å². The van der Waals surface area contributed by atoms with E-state index in [0.29, 0.717) is 41.0 Å². The van der Waals surface area contributed by atoms with Gasteiger partial charge in [0, 0.05) is 21.7 Å². The van der Waals surface area contributed by atoms with E-state index < -0.39 is 17.7 Å². The zero-order valence-electron chi connectivity index (χ0n) is 19.0. The summed E-state index contributed by atoms with van der Waals surface area (Å²) in [6.07, 6.45) is 0. The van der Waals surface area contributed by atoms with Crippen molar-refractivity contribution in [3.05, 3.63) is 80.5 Å². The predicted molar refractivity (Wildman–Crippen MR) is 134 cm³/mol. The number of benzene rings is 2. The molecule has 0 aliphatic carbocycles. The number of rotatable bonds is 7. The molecule has 1 unspecified atom stereocenters. The second-order valence-electron chi connectivity index (χ2n) is 7.64. The normalized spacial score (nSPS) is 17.3. The van der Waals surface area contributed by atoms with Crippen LogP contribution in [-0.2, 0) is 9.59 Å². The van der Waals surface area contributed by atoms with Crippen LogP contribution < -0.4 is 14.4 Å². The van der Waals surface area contributed by atoms with E-state index in [4.69, 9.17) is 21.1 Å². The Morgan fingerprint density at radius 1 is 1.09 bits per heavy atom. The Bertz CT molecular complexity index is 1270. The fraction of sp³-hybridized carbons (Fsp3) is 0.231. The molecular formula is C26H24ClNO5S. The Kier molecular flexibility index (Phi) is 6.95.